The molecule has 0 amide bonds. The summed E-state index contributed by atoms with van der Waals surface area (Å²) in [6, 6.07) is 22.6. The number of nitrogens with one attached hydrogen (secondary N) is 2. The lowest BCUT2D eigenvalue weighted by atomic mass is 10.1. The van der Waals surface area contributed by atoms with E-state index in [2.05, 4.69) is 51.4 Å². The van der Waals surface area contributed by atoms with Gasteiger partial charge in [-0.2, -0.15) is 0 Å². The van der Waals surface area contributed by atoms with Crippen LogP contribution in [0.5, 0.6) is 11.5 Å². The van der Waals surface area contributed by atoms with Gasteiger partial charge >= 0.3 is 0 Å². The SMILES string of the molecule is c1ccc2c(c1)OCC(c1ccc3cc(-c4ccc5nc[nH]c5c4)[nH]c3c1)O2. The van der Waals surface area contributed by atoms with E-state index in [-0.39, 0.29) is 6.10 Å². The molecule has 2 N–H and O–H groups in total. The highest BCUT2D eigenvalue weighted by Crippen LogP contribution is 2.36. The summed E-state index contributed by atoms with van der Waals surface area (Å²) in [5, 5.41) is 1.17. The van der Waals surface area contributed by atoms with E-state index in [1.54, 1.807) is 6.33 Å². The minimum Gasteiger partial charge on any atom is -0.485 e. The molecule has 0 spiro atoms. The topological polar surface area (TPSA) is 62.9 Å². The average Bonchev–Trinajstić information content (AvgIpc) is 3.39. The molecule has 5 nitrogen and oxygen atoms in total. The third-order valence-corrected chi connectivity index (χ3v) is 5.26. The fraction of sp³-hybridized carbons (Fsp3) is 0.0870. The van der Waals surface area contributed by atoms with Crippen molar-refractivity contribution >= 4 is 21.9 Å². The van der Waals surface area contributed by atoms with Gasteiger partial charge in [-0.15, -0.1) is 0 Å². The molecule has 1 aliphatic heterocycles. The quantitative estimate of drug-likeness (QED) is 0.449. The molecule has 5 aromatic rings. The van der Waals surface area contributed by atoms with Crippen molar-refractivity contribution in [2.45, 2.75) is 6.10 Å². The Hall–Kier alpha value is -3.73. The summed E-state index contributed by atoms with van der Waals surface area (Å²) in [4.78, 5) is 11.0. The number of aromatic nitrogens is 3. The molecular formula is C23H17N3O2. The van der Waals surface area contributed by atoms with Crippen molar-refractivity contribution in [2.24, 2.45) is 0 Å². The van der Waals surface area contributed by atoms with Crippen LogP contribution in [0.15, 0.2) is 73.1 Å². The molecule has 0 radical (unpaired) electrons. The zero-order chi connectivity index (χ0) is 18.5. The van der Waals surface area contributed by atoms with E-state index in [1.807, 2.05) is 30.3 Å². The van der Waals surface area contributed by atoms with Crippen molar-refractivity contribution in [1.82, 2.24) is 15.0 Å². The molecule has 5 heteroatoms. The summed E-state index contributed by atoms with van der Waals surface area (Å²) in [6.45, 7) is 0.507. The molecule has 0 saturated heterocycles. The standard InChI is InChI=1S/C23H17N3O2/c1-2-4-22-21(3-1)27-12-23(28-22)16-6-5-14-9-18(26-19(14)11-16)15-7-8-17-20(10-15)25-13-24-17/h1-11,13,23,26H,12H2,(H,24,25). The van der Waals surface area contributed by atoms with E-state index >= 15 is 0 Å². The second-order valence-electron chi connectivity index (χ2n) is 7.03. The van der Waals surface area contributed by atoms with Gasteiger partial charge in [0, 0.05) is 22.2 Å². The van der Waals surface area contributed by atoms with Crippen LogP contribution in [-0.2, 0) is 0 Å². The number of rotatable bonds is 2. The van der Waals surface area contributed by atoms with E-state index in [9.17, 15) is 0 Å². The van der Waals surface area contributed by atoms with Crippen molar-refractivity contribution in [3.63, 3.8) is 0 Å². The summed E-state index contributed by atoms with van der Waals surface area (Å²) in [7, 11) is 0. The predicted octanol–water partition coefficient (Wildman–Crippen LogP) is 5.22. The smallest absolute Gasteiger partial charge is 0.162 e. The van der Waals surface area contributed by atoms with Crippen LogP contribution in [0.25, 0.3) is 33.2 Å². The van der Waals surface area contributed by atoms with Gasteiger partial charge in [-0.25, -0.2) is 4.98 Å². The Kier molecular flexibility index (Phi) is 3.23. The Bertz CT molecular complexity index is 1320. The molecule has 0 fully saturated rings. The van der Waals surface area contributed by atoms with Crippen molar-refractivity contribution < 1.29 is 9.47 Å². The van der Waals surface area contributed by atoms with Crippen LogP contribution in [0.3, 0.4) is 0 Å². The number of para-hydroxylation sites is 2. The van der Waals surface area contributed by atoms with Crippen molar-refractivity contribution in [3.8, 4) is 22.8 Å². The van der Waals surface area contributed by atoms with Crippen LogP contribution in [0.2, 0.25) is 0 Å². The zero-order valence-corrected chi connectivity index (χ0v) is 15.0. The van der Waals surface area contributed by atoms with E-state index < -0.39 is 0 Å². The number of hydrogen-bond acceptors (Lipinski definition) is 3. The maximum Gasteiger partial charge on any atom is 0.162 e. The number of imidazole rings is 1. The maximum atomic E-state index is 6.15. The molecule has 0 saturated carbocycles. The largest absolute Gasteiger partial charge is 0.485 e. The maximum absolute atomic E-state index is 6.15. The molecule has 1 unspecified atom stereocenters. The molecule has 0 bridgehead atoms. The Morgan fingerprint density at radius 2 is 1.82 bits per heavy atom. The Morgan fingerprint density at radius 1 is 0.893 bits per heavy atom. The van der Waals surface area contributed by atoms with Gasteiger partial charge in [-0.05, 0) is 42.0 Å². The van der Waals surface area contributed by atoms with Crippen LogP contribution in [0, 0.1) is 0 Å². The first-order valence-electron chi connectivity index (χ1n) is 9.28. The van der Waals surface area contributed by atoms with Gasteiger partial charge in [-0.3, -0.25) is 0 Å². The number of fused-ring (bicyclic) bond motifs is 3. The summed E-state index contributed by atoms with van der Waals surface area (Å²) < 4.78 is 12.0. The molecule has 136 valence electrons. The zero-order valence-electron chi connectivity index (χ0n) is 15.0. The van der Waals surface area contributed by atoms with Crippen LogP contribution in [0.4, 0.5) is 0 Å². The van der Waals surface area contributed by atoms with Crippen molar-refractivity contribution in [1.29, 1.82) is 0 Å². The minimum atomic E-state index is -0.118. The lowest BCUT2D eigenvalue weighted by molar-refractivity contribution is 0.0914. The first-order chi connectivity index (χ1) is 13.8. The number of aromatic amines is 2. The first-order valence-corrected chi connectivity index (χ1v) is 9.28. The van der Waals surface area contributed by atoms with E-state index in [4.69, 9.17) is 9.47 Å². The predicted molar refractivity (Wildman–Crippen MR) is 109 cm³/mol. The van der Waals surface area contributed by atoms with Crippen LogP contribution in [0.1, 0.15) is 11.7 Å². The van der Waals surface area contributed by atoms with Gasteiger partial charge in [0.1, 0.15) is 6.61 Å². The van der Waals surface area contributed by atoms with Gasteiger partial charge in [0.2, 0.25) is 0 Å². The second-order valence-corrected chi connectivity index (χ2v) is 7.03. The molecular weight excluding hydrogens is 350 g/mol. The fourth-order valence-corrected chi connectivity index (χ4v) is 3.79. The fourth-order valence-electron chi connectivity index (χ4n) is 3.79. The highest BCUT2D eigenvalue weighted by Gasteiger charge is 2.22. The van der Waals surface area contributed by atoms with E-state index in [0.717, 1.165) is 44.9 Å². The molecule has 1 atom stereocenters. The monoisotopic (exact) mass is 367 g/mol. The molecule has 6 rings (SSSR count). The lowest BCUT2D eigenvalue weighted by Crippen LogP contribution is -2.21. The van der Waals surface area contributed by atoms with E-state index in [1.165, 1.54) is 5.39 Å². The first kappa shape index (κ1) is 15.3. The number of nitrogens with zero attached hydrogens (tertiary/aromatic N) is 1. The van der Waals surface area contributed by atoms with Crippen LogP contribution in [-0.4, -0.2) is 21.6 Å². The third kappa shape index (κ3) is 2.44. The summed E-state index contributed by atoms with van der Waals surface area (Å²) >= 11 is 0. The summed E-state index contributed by atoms with van der Waals surface area (Å²) in [5.41, 5.74) is 6.38. The summed E-state index contributed by atoms with van der Waals surface area (Å²) in [5.74, 6) is 1.59. The third-order valence-electron chi connectivity index (χ3n) is 5.26. The van der Waals surface area contributed by atoms with Crippen LogP contribution >= 0.6 is 0 Å². The Balaban J connectivity index is 1.36. The summed E-state index contributed by atoms with van der Waals surface area (Å²) in [6.07, 6.45) is 1.60. The number of ether oxygens (including phenoxy) is 2. The Morgan fingerprint density at radius 3 is 2.79 bits per heavy atom. The van der Waals surface area contributed by atoms with Crippen LogP contribution < -0.4 is 9.47 Å². The molecule has 2 aromatic heterocycles. The highest BCUT2D eigenvalue weighted by atomic mass is 16.6. The lowest BCUT2D eigenvalue weighted by Gasteiger charge is -2.26. The van der Waals surface area contributed by atoms with E-state index in [0.29, 0.717) is 6.61 Å². The Labute approximate surface area is 160 Å². The number of hydrogen-bond donors (Lipinski definition) is 2. The molecule has 1 aliphatic rings. The van der Waals surface area contributed by atoms with Gasteiger partial charge in [0.15, 0.2) is 17.6 Å². The second kappa shape index (κ2) is 5.89. The highest BCUT2D eigenvalue weighted by molar-refractivity contribution is 5.88. The van der Waals surface area contributed by atoms with Crippen molar-refractivity contribution in [3.05, 3.63) is 78.6 Å². The molecule has 0 aliphatic carbocycles. The number of benzene rings is 3. The average molecular weight is 367 g/mol. The normalized spacial score (nSPS) is 15.9. The number of H-pyrrole nitrogens is 2. The van der Waals surface area contributed by atoms with Gasteiger partial charge in [0.25, 0.3) is 0 Å². The van der Waals surface area contributed by atoms with Crippen molar-refractivity contribution in [2.75, 3.05) is 6.61 Å². The molecule has 28 heavy (non-hydrogen) atoms. The van der Waals surface area contributed by atoms with Gasteiger partial charge < -0.3 is 19.4 Å². The van der Waals surface area contributed by atoms with Gasteiger partial charge in [0.05, 0.1) is 17.4 Å². The minimum absolute atomic E-state index is 0.118. The molecule has 3 aromatic carbocycles. The van der Waals surface area contributed by atoms with Gasteiger partial charge in [-0.1, -0.05) is 30.3 Å². The molecule has 3 heterocycles.